The van der Waals surface area contributed by atoms with Gasteiger partial charge in [0.05, 0.1) is 10.0 Å². The van der Waals surface area contributed by atoms with Crippen LogP contribution in [0.3, 0.4) is 0 Å². The van der Waals surface area contributed by atoms with Gasteiger partial charge in [0, 0.05) is 0 Å². The Morgan fingerprint density at radius 1 is 1.43 bits per heavy atom. The monoisotopic (exact) mass is 259 g/mol. The highest BCUT2D eigenvalue weighted by molar-refractivity contribution is 9.10. The van der Waals surface area contributed by atoms with Crippen molar-refractivity contribution in [3.05, 3.63) is 30.1 Å². The quantitative estimate of drug-likeness (QED) is 0.814. The summed E-state index contributed by atoms with van der Waals surface area (Å²) >= 11 is 3.19. The van der Waals surface area contributed by atoms with Gasteiger partial charge in [-0.3, -0.25) is 4.79 Å². The van der Waals surface area contributed by atoms with Gasteiger partial charge in [0.2, 0.25) is 5.91 Å². The van der Waals surface area contributed by atoms with Gasteiger partial charge in [0.25, 0.3) is 0 Å². The molecule has 0 saturated carbocycles. The van der Waals surface area contributed by atoms with Gasteiger partial charge in [0.15, 0.2) is 0 Å². The van der Waals surface area contributed by atoms with Gasteiger partial charge in [-0.05, 0) is 26.0 Å². The van der Waals surface area contributed by atoms with Gasteiger partial charge >= 0.3 is 0 Å². The molecule has 0 unspecified atom stereocenters. The standard InChI is InChI=1S/C10H11BrFNO/c1-10(2,11)9(14)13-8-6-4-3-5-7(8)12/h3-6H,1-2H3,(H,13,14). The summed E-state index contributed by atoms with van der Waals surface area (Å²) in [6, 6.07) is 6.06. The van der Waals surface area contributed by atoms with Crippen molar-refractivity contribution in [3.63, 3.8) is 0 Å². The maximum Gasteiger partial charge on any atom is 0.240 e. The molecule has 0 aliphatic rings. The van der Waals surface area contributed by atoms with Crippen molar-refractivity contribution in [2.75, 3.05) is 5.32 Å². The molecule has 1 amide bonds. The Morgan fingerprint density at radius 2 is 2.00 bits per heavy atom. The minimum atomic E-state index is -0.699. The van der Waals surface area contributed by atoms with Gasteiger partial charge < -0.3 is 5.32 Å². The van der Waals surface area contributed by atoms with E-state index in [1.807, 2.05) is 0 Å². The third-order valence-electron chi connectivity index (χ3n) is 1.66. The maximum atomic E-state index is 13.1. The number of hydrogen-bond acceptors (Lipinski definition) is 1. The predicted molar refractivity (Wildman–Crippen MR) is 58.0 cm³/mol. The molecule has 0 atom stereocenters. The van der Waals surface area contributed by atoms with Crippen LogP contribution >= 0.6 is 15.9 Å². The highest BCUT2D eigenvalue weighted by Crippen LogP contribution is 2.20. The zero-order chi connectivity index (χ0) is 10.8. The third-order valence-corrected chi connectivity index (χ3v) is 2.02. The zero-order valence-corrected chi connectivity index (χ0v) is 9.56. The highest BCUT2D eigenvalue weighted by Gasteiger charge is 2.24. The van der Waals surface area contributed by atoms with E-state index in [0.29, 0.717) is 0 Å². The van der Waals surface area contributed by atoms with Crippen LogP contribution in [0.25, 0.3) is 0 Å². The largest absolute Gasteiger partial charge is 0.322 e. The van der Waals surface area contributed by atoms with E-state index in [0.717, 1.165) is 0 Å². The lowest BCUT2D eigenvalue weighted by molar-refractivity contribution is -0.117. The number of nitrogens with one attached hydrogen (secondary N) is 1. The lowest BCUT2D eigenvalue weighted by atomic mass is 10.2. The van der Waals surface area contributed by atoms with Crippen LogP contribution in [0.1, 0.15) is 13.8 Å². The molecule has 1 N–H and O–H groups in total. The molecule has 0 radical (unpaired) electrons. The summed E-state index contributed by atoms with van der Waals surface area (Å²) in [5.74, 6) is -0.708. The number of halogens is 2. The van der Waals surface area contributed by atoms with Crippen LogP contribution in [-0.4, -0.2) is 10.2 Å². The second kappa shape index (κ2) is 4.09. The van der Waals surface area contributed by atoms with E-state index < -0.39 is 10.1 Å². The van der Waals surface area contributed by atoms with Crippen LogP contribution in [0.15, 0.2) is 24.3 Å². The molecule has 4 heteroatoms. The summed E-state index contributed by atoms with van der Waals surface area (Å²) in [5.41, 5.74) is 0.199. The van der Waals surface area contributed by atoms with Gasteiger partial charge in [-0.15, -0.1) is 0 Å². The second-order valence-electron chi connectivity index (χ2n) is 3.41. The van der Waals surface area contributed by atoms with Crippen molar-refractivity contribution in [1.82, 2.24) is 0 Å². The van der Waals surface area contributed by atoms with E-state index in [1.54, 1.807) is 26.0 Å². The second-order valence-corrected chi connectivity index (χ2v) is 5.39. The third kappa shape index (κ3) is 2.80. The zero-order valence-electron chi connectivity index (χ0n) is 7.97. The number of rotatable bonds is 2. The summed E-state index contributed by atoms with van der Waals surface area (Å²) < 4.78 is 12.4. The van der Waals surface area contributed by atoms with Crippen molar-refractivity contribution in [3.8, 4) is 0 Å². The molecule has 0 aromatic heterocycles. The van der Waals surface area contributed by atoms with Crippen molar-refractivity contribution in [2.24, 2.45) is 0 Å². The number of hydrogen-bond donors (Lipinski definition) is 1. The van der Waals surface area contributed by atoms with Crippen LogP contribution < -0.4 is 5.32 Å². The fraction of sp³-hybridized carbons (Fsp3) is 0.300. The van der Waals surface area contributed by atoms with E-state index >= 15 is 0 Å². The predicted octanol–water partition coefficient (Wildman–Crippen LogP) is 2.94. The first-order valence-corrected chi connectivity index (χ1v) is 4.95. The molecular formula is C10H11BrFNO. The van der Waals surface area contributed by atoms with Crippen LogP contribution in [0.4, 0.5) is 10.1 Å². The highest BCUT2D eigenvalue weighted by atomic mass is 79.9. The summed E-state index contributed by atoms with van der Waals surface area (Å²) in [5, 5.41) is 2.49. The van der Waals surface area contributed by atoms with E-state index in [2.05, 4.69) is 21.2 Å². The van der Waals surface area contributed by atoms with Gasteiger partial charge in [-0.2, -0.15) is 0 Å². The van der Waals surface area contributed by atoms with Crippen LogP contribution in [0.5, 0.6) is 0 Å². The molecule has 1 aromatic carbocycles. The van der Waals surface area contributed by atoms with Crippen LogP contribution in [-0.2, 0) is 4.79 Å². The number of carbonyl (C=O) groups is 1. The Hall–Kier alpha value is -0.900. The first-order valence-electron chi connectivity index (χ1n) is 4.16. The summed E-state index contributed by atoms with van der Waals surface area (Å²) in [4.78, 5) is 11.5. The molecule has 0 aliphatic carbocycles. The molecule has 76 valence electrons. The van der Waals surface area contributed by atoms with Crippen molar-refractivity contribution in [1.29, 1.82) is 0 Å². The average Bonchev–Trinajstić information content (AvgIpc) is 2.07. The smallest absolute Gasteiger partial charge is 0.240 e. The number of anilines is 1. The molecule has 14 heavy (non-hydrogen) atoms. The Morgan fingerprint density at radius 3 is 2.50 bits per heavy atom. The van der Waals surface area contributed by atoms with E-state index in [4.69, 9.17) is 0 Å². The summed E-state index contributed by atoms with van der Waals surface area (Å²) in [6.45, 7) is 3.40. The summed E-state index contributed by atoms with van der Waals surface area (Å²) in [6.07, 6.45) is 0. The summed E-state index contributed by atoms with van der Waals surface area (Å²) in [7, 11) is 0. The Kier molecular flexibility index (Phi) is 3.26. The molecule has 0 aliphatic heterocycles. The SMILES string of the molecule is CC(C)(Br)C(=O)Nc1ccccc1F. The van der Waals surface area contributed by atoms with Crippen LogP contribution in [0.2, 0.25) is 0 Å². The lowest BCUT2D eigenvalue weighted by Gasteiger charge is -2.15. The number of amides is 1. The fourth-order valence-corrected chi connectivity index (χ4v) is 0.933. The maximum absolute atomic E-state index is 13.1. The van der Waals surface area contributed by atoms with Crippen LogP contribution in [0, 0.1) is 5.82 Å². The molecule has 0 bridgehead atoms. The van der Waals surface area contributed by atoms with E-state index in [9.17, 15) is 9.18 Å². The number of benzene rings is 1. The first kappa shape index (κ1) is 11.2. The normalized spacial score (nSPS) is 11.1. The van der Waals surface area contributed by atoms with Gasteiger partial charge in [-0.1, -0.05) is 28.1 Å². The fourth-order valence-electron chi connectivity index (χ4n) is 0.834. The lowest BCUT2D eigenvalue weighted by Crippen LogP contribution is -2.31. The number of carbonyl (C=O) groups excluding carboxylic acids is 1. The van der Waals surface area contributed by atoms with E-state index in [-0.39, 0.29) is 11.6 Å². The molecule has 0 saturated heterocycles. The van der Waals surface area contributed by atoms with Crippen molar-refractivity contribution >= 4 is 27.5 Å². The minimum Gasteiger partial charge on any atom is -0.322 e. The van der Waals surface area contributed by atoms with Gasteiger partial charge in [0.1, 0.15) is 5.82 Å². The minimum absolute atomic E-state index is 0.199. The molecule has 2 nitrogen and oxygen atoms in total. The number of para-hydroxylation sites is 1. The first-order chi connectivity index (χ1) is 6.41. The Labute approximate surface area is 90.6 Å². The average molecular weight is 260 g/mol. The molecule has 1 rings (SSSR count). The molecule has 0 spiro atoms. The van der Waals surface area contributed by atoms with Crippen molar-refractivity contribution < 1.29 is 9.18 Å². The van der Waals surface area contributed by atoms with Crippen molar-refractivity contribution in [2.45, 2.75) is 18.2 Å². The Balaban J connectivity index is 2.80. The molecular weight excluding hydrogens is 249 g/mol. The Bertz CT molecular complexity index is 346. The number of alkyl halides is 1. The molecule has 0 fully saturated rings. The molecule has 0 heterocycles. The molecule has 1 aromatic rings. The van der Waals surface area contributed by atoms with Gasteiger partial charge in [-0.25, -0.2) is 4.39 Å². The van der Waals surface area contributed by atoms with E-state index in [1.165, 1.54) is 12.1 Å². The topological polar surface area (TPSA) is 29.1 Å².